The van der Waals surface area contributed by atoms with E-state index in [4.69, 9.17) is 10.5 Å². The first kappa shape index (κ1) is 14.9. The maximum atomic E-state index is 13.5. The van der Waals surface area contributed by atoms with Crippen LogP contribution in [0.4, 0.5) is 8.78 Å². The first-order chi connectivity index (χ1) is 9.49. The molecular formula is C15H14BrF2NO. The van der Waals surface area contributed by atoms with Crippen molar-refractivity contribution in [2.24, 2.45) is 5.73 Å². The summed E-state index contributed by atoms with van der Waals surface area (Å²) in [5.74, 6) is -0.735. The molecule has 0 heterocycles. The molecule has 2 aromatic carbocycles. The predicted molar refractivity (Wildman–Crippen MR) is 77.4 cm³/mol. The molecule has 0 aliphatic rings. The molecule has 2 nitrogen and oxygen atoms in total. The molecule has 0 aliphatic heterocycles. The van der Waals surface area contributed by atoms with Crippen molar-refractivity contribution in [2.45, 2.75) is 19.6 Å². The average molecular weight is 342 g/mol. The van der Waals surface area contributed by atoms with Crippen LogP contribution in [-0.4, -0.2) is 0 Å². The zero-order valence-corrected chi connectivity index (χ0v) is 12.5. The number of hydrogen-bond donors (Lipinski definition) is 1. The molecule has 0 saturated heterocycles. The molecule has 5 heteroatoms. The molecule has 0 amide bonds. The van der Waals surface area contributed by atoms with Gasteiger partial charge in [-0.1, -0.05) is 28.1 Å². The topological polar surface area (TPSA) is 35.2 Å². The molecule has 0 bridgehead atoms. The number of halogens is 3. The Morgan fingerprint density at radius 1 is 1.20 bits per heavy atom. The van der Waals surface area contributed by atoms with Crippen LogP contribution in [0.1, 0.15) is 24.1 Å². The van der Waals surface area contributed by atoms with Crippen LogP contribution < -0.4 is 10.5 Å². The Hall–Kier alpha value is -1.46. The molecule has 2 N–H and O–H groups in total. The quantitative estimate of drug-likeness (QED) is 0.898. The Labute approximate surface area is 124 Å². The average Bonchev–Trinajstić information content (AvgIpc) is 2.37. The van der Waals surface area contributed by atoms with E-state index >= 15 is 0 Å². The van der Waals surface area contributed by atoms with Gasteiger partial charge in [0.15, 0.2) is 0 Å². The highest BCUT2D eigenvalue weighted by atomic mass is 79.9. The standard InChI is InChI=1S/C15H14BrF2NO/c1-9(19)11-6-5-10(16)7-15(11)20-8-12-13(17)3-2-4-14(12)18/h2-7,9H,8,19H2,1H3. The fourth-order valence-corrected chi connectivity index (χ4v) is 2.17. The van der Waals surface area contributed by atoms with E-state index in [9.17, 15) is 8.78 Å². The fraction of sp³-hybridized carbons (Fsp3) is 0.200. The van der Waals surface area contributed by atoms with Crippen LogP contribution in [0.25, 0.3) is 0 Å². The maximum Gasteiger partial charge on any atom is 0.132 e. The summed E-state index contributed by atoms with van der Waals surface area (Å²) in [5, 5.41) is 0. The molecular weight excluding hydrogens is 328 g/mol. The van der Waals surface area contributed by atoms with Crippen molar-refractivity contribution in [3.63, 3.8) is 0 Å². The van der Waals surface area contributed by atoms with Gasteiger partial charge in [-0.05, 0) is 31.2 Å². The Morgan fingerprint density at radius 3 is 2.45 bits per heavy atom. The lowest BCUT2D eigenvalue weighted by atomic mass is 10.1. The van der Waals surface area contributed by atoms with Gasteiger partial charge in [0.2, 0.25) is 0 Å². The molecule has 1 unspecified atom stereocenters. The highest BCUT2D eigenvalue weighted by Gasteiger charge is 2.12. The summed E-state index contributed by atoms with van der Waals surface area (Å²) in [6, 6.07) is 8.89. The lowest BCUT2D eigenvalue weighted by molar-refractivity contribution is 0.288. The first-order valence-electron chi connectivity index (χ1n) is 6.09. The van der Waals surface area contributed by atoms with Crippen LogP contribution in [0.3, 0.4) is 0 Å². The van der Waals surface area contributed by atoms with E-state index in [1.54, 1.807) is 6.07 Å². The minimum Gasteiger partial charge on any atom is -0.488 e. The van der Waals surface area contributed by atoms with Crippen LogP contribution in [0.15, 0.2) is 40.9 Å². The molecule has 0 radical (unpaired) electrons. The van der Waals surface area contributed by atoms with E-state index in [1.807, 2.05) is 19.1 Å². The highest BCUT2D eigenvalue weighted by Crippen LogP contribution is 2.28. The molecule has 106 valence electrons. The van der Waals surface area contributed by atoms with Crippen molar-refractivity contribution in [3.8, 4) is 5.75 Å². The second-order valence-corrected chi connectivity index (χ2v) is 5.38. The molecule has 0 aliphatic carbocycles. The first-order valence-corrected chi connectivity index (χ1v) is 6.89. The van der Waals surface area contributed by atoms with Gasteiger partial charge in [-0.25, -0.2) is 8.78 Å². The Balaban J connectivity index is 2.25. The van der Waals surface area contributed by atoms with Gasteiger partial charge in [0.25, 0.3) is 0 Å². The molecule has 20 heavy (non-hydrogen) atoms. The van der Waals surface area contributed by atoms with Crippen LogP contribution in [0.2, 0.25) is 0 Å². The Bertz CT molecular complexity index is 597. The van der Waals surface area contributed by atoms with E-state index in [2.05, 4.69) is 15.9 Å². The highest BCUT2D eigenvalue weighted by molar-refractivity contribution is 9.10. The third kappa shape index (κ3) is 3.35. The minimum atomic E-state index is -0.623. The van der Waals surface area contributed by atoms with Gasteiger partial charge in [0, 0.05) is 16.1 Å². The SMILES string of the molecule is CC(N)c1ccc(Br)cc1OCc1c(F)cccc1F. The van der Waals surface area contributed by atoms with Crippen molar-refractivity contribution in [1.82, 2.24) is 0 Å². The van der Waals surface area contributed by atoms with Crippen molar-refractivity contribution >= 4 is 15.9 Å². The van der Waals surface area contributed by atoms with Crippen molar-refractivity contribution < 1.29 is 13.5 Å². The van der Waals surface area contributed by atoms with Crippen molar-refractivity contribution in [3.05, 3.63) is 63.6 Å². The third-order valence-electron chi connectivity index (χ3n) is 2.90. The van der Waals surface area contributed by atoms with Gasteiger partial charge in [-0.2, -0.15) is 0 Å². The number of rotatable bonds is 4. The Kier molecular flexibility index (Phi) is 4.73. The zero-order chi connectivity index (χ0) is 14.7. The Morgan fingerprint density at radius 2 is 1.85 bits per heavy atom. The van der Waals surface area contributed by atoms with E-state index in [0.29, 0.717) is 5.75 Å². The third-order valence-corrected chi connectivity index (χ3v) is 3.39. The predicted octanol–water partition coefficient (Wildman–Crippen LogP) is 4.33. The molecule has 0 fully saturated rings. The van der Waals surface area contributed by atoms with E-state index in [0.717, 1.165) is 10.0 Å². The van der Waals surface area contributed by atoms with Gasteiger partial charge < -0.3 is 10.5 Å². The minimum absolute atomic E-state index is 0.0944. The van der Waals surface area contributed by atoms with Gasteiger partial charge in [-0.3, -0.25) is 0 Å². The number of hydrogen-bond acceptors (Lipinski definition) is 2. The molecule has 2 aromatic rings. The van der Waals surface area contributed by atoms with Crippen molar-refractivity contribution in [1.29, 1.82) is 0 Å². The van der Waals surface area contributed by atoms with Gasteiger partial charge >= 0.3 is 0 Å². The molecule has 0 spiro atoms. The van der Waals surface area contributed by atoms with Crippen LogP contribution >= 0.6 is 15.9 Å². The summed E-state index contributed by atoms with van der Waals surface area (Å²) < 4.78 is 33.4. The normalized spacial score (nSPS) is 12.2. The van der Waals surface area contributed by atoms with Gasteiger partial charge in [0.1, 0.15) is 24.0 Å². The zero-order valence-electron chi connectivity index (χ0n) is 10.9. The van der Waals surface area contributed by atoms with E-state index in [-0.39, 0.29) is 18.2 Å². The summed E-state index contributed by atoms with van der Waals surface area (Å²) >= 11 is 3.33. The van der Waals surface area contributed by atoms with Crippen LogP contribution in [0.5, 0.6) is 5.75 Å². The van der Waals surface area contributed by atoms with Crippen LogP contribution in [-0.2, 0) is 6.61 Å². The largest absolute Gasteiger partial charge is 0.488 e. The molecule has 0 aromatic heterocycles. The smallest absolute Gasteiger partial charge is 0.132 e. The van der Waals surface area contributed by atoms with Gasteiger partial charge in [0.05, 0.1) is 5.56 Å². The second kappa shape index (κ2) is 6.33. The van der Waals surface area contributed by atoms with Crippen LogP contribution in [0, 0.1) is 11.6 Å². The number of nitrogens with two attached hydrogens (primary N) is 1. The second-order valence-electron chi connectivity index (χ2n) is 4.46. The molecule has 2 rings (SSSR count). The summed E-state index contributed by atoms with van der Waals surface area (Å²) in [7, 11) is 0. The monoisotopic (exact) mass is 341 g/mol. The summed E-state index contributed by atoms with van der Waals surface area (Å²) in [4.78, 5) is 0. The van der Waals surface area contributed by atoms with Gasteiger partial charge in [-0.15, -0.1) is 0 Å². The number of benzene rings is 2. The summed E-state index contributed by atoms with van der Waals surface area (Å²) in [5.41, 5.74) is 6.54. The summed E-state index contributed by atoms with van der Waals surface area (Å²) in [6.07, 6.45) is 0. The number of ether oxygens (including phenoxy) is 1. The van der Waals surface area contributed by atoms with Crippen molar-refractivity contribution in [2.75, 3.05) is 0 Å². The maximum absolute atomic E-state index is 13.5. The lowest BCUT2D eigenvalue weighted by Gasteiger charge is -2.15. The van der Waals surface area contributed by atoms with E-state index < -0.39 is 11.6 Å². The molecule has 0 saturated carbocycles. The summed E-state index contributed by atoms with van der Waals surface area (Å²) in [6.45, 7) is 1.63. The lowest BCUT2D eigenvalue weighted by Crippen LogP contribution is -2.09. The van der Waals surface area contributed by atoms with E-state index in [1.165, 1.54) is 18.2 Å². The fourth-order valence-electron chi connectivity index (χ4n) is 1.83. The molecule has 1 atom stereocenters.